The second-order valence-corrected chi connectivity index (χ2v) is 5.53. The van der Waals surface area contributed by atoms with E-state index in [9.17, 15) is 23.1 Å². The lowest BCUT2D eigenvalue weighted by atomic mass is 10.0. The van der Waals surface area contributed by atoms with Crippen LogP contribution in [0.3, 0.4) is 0 Å². The summed E-state index contributed by atoms with van der Waals surface area (Å²) in [6, 6.07) is 11.3. The maximum absolute atomic E-state index is 12.4. The van der Waals surface area contributed by atoms with Crippen LogP contribution in [0.2, 0.25) is 5.02 Å². The Morgan fingerprint density at radius 2 is 1.76 bits per heavy atom. The zero-order valence-electron chi connectivity index (χ0n) is 12.3. The van der Waals surface area contributed by atoms with Crippen molar-refractivity contribution in [3.8, 4) is 17.0 Å². The Labute approximate surface area is 144 Å². The molecule has 0 aliphatic heterocycles. The first-order chi connectivity index (χ1) is 11.7. The number of ether oxygens (including phenoxy) is 1. The van der Waals surface area contributed by atoms with Gasteiger partial charge >= 0.3 is 12.3 Å². The molecule has 0 saturated carbocycles. The Morgan fingerprint density at radius 3 is 2.36 bits per heavy atom. The molecule has 1 N–H and O–H groups in total. The third-order valence-electron chi connectivity index (χ3n) is 3.38. The summed E-state index contributed by atoms with van der Waals surface area (Å²) in [6.45, 7) is 0. The van der Waals surface area contributed by atoms with Crippen molar-refractivity contribution < 1.29 is 27.8 Å². The molecule has 8 heteroatoms. The summed E-state index contributed by atoms with van der Waals surface area (Å²) in [6.07, 6.45) is -4.87. The molecule has 1 aromatic heterocycles. The molecule has 0 aliphatic rings. The Kier molecular flexibility index (Phi) is 4.26. The Hall–Kier alpha value is -2.80. The number of hydrogen-bond acceptors (Lipinski definition) is 3. The third-order valence-corrected chi connectivity index (χ3v) is 3.64. The van der Waals surface area contributed by atoms with Crippen LogP contribution in [0.1, 0.15) is 10.4 Å². The van der Waals surface area contributed by atoms with Crippen LogP contribution in [0.5, 0.6) is 5.75 Å². The number of carbonyl (C=O) groups is 1. The van der Waals surface area contributed by atoms with E-state index in [0.717, 1.165) is 12.1 Å². The van der Waals surface area contributed by atoms with Crippen molar-refractivity contribution in [2.24, 2.45) is 0 Å². The van der Waals surface area contributed by atoms with Gasteiger partial charge in [-0.2, -0.15) is 0 Å². The molecule has 0 spiro atoms. The van der Waals surface area contributed by atoms with Gasteiger partial charge in [0, 0.05) is 16.0 Å². The molecule has 3 aromatic rings. The first kappa shape index (κ1) is 17.0. The number of rotatable bonds is 3. The Morgan fingerprint density at radius 1 is 1.08 bits per heavy atom. The molecular formula is C17H9ClF3NO3. The van der Waals surface area contributed by atoms with Crippen LogP contribution in [0.4, 0.5) is 13.2 Å². The van der Waals surface area contributed by atoms with Crippen molar-refractivity contribution >= 4 is 28.5 Å². The number of alkyl halides is 3. The summed E-state index contributed by atoms with van der Waals surface area (Å²) in [4.78, 5) is 15.8. The van der Waals surface area contributed by atoms with E-state index < -0.39 is 18.1 Å². The van der Waals surface area contributed by atoms with Crippen LogP contribution >= 0.6 is 11.6 Å². The zero-order chi connectivity index (χ0) is 18.2. The fraction of sp³-hybridized carbons (Fsp3) is 0.0588. The van der Waals surface area contributed by atoms with Gasteiger partial charge in [0.2, 0.25) is 0 Å². The maximum Gasteiger partial charge on any atom is 0.573 e. The molecule has 2 aromatic carbocycles. The summed E-state index contributed by atoms with van der Waals surface area (Å²) in [5, 5.41) is 9.97. The first-order valence-electron chi connectivity index (χ1n) is 6.93. The lowest BCUT2D eigenvalue weighted by molar-refractivity contribution is -0.274. The number of benzene rings is 2. The van der Waals surface area contributed by atoms with Crippen LogP contribution in [0.15, 0.2) is 48.5 Å². The van der Waals surface area contributed by atoms with Crippen molar-refractivity contribution in [2.75, 3.05) is 0 Å². The quantitative estimate of drug-likeness (QED) is 0.695. The summed E-state index contributed by atoms with van der Waals surface area (Å²) in [5.74, 6) is -1.80. The van der Waals surface area contributed by atoms with E-state index in [1.165, 1.54) is 12.1 Å². The molecule has 0 saturated heterocycles. The fourth-order valence-electron chi connectivity index (χ4n) is 2.35. The molecule has 0 fully saturated rings. The second-order valence-electron chi connectivity index (χ2n) is 5.09. The summed E-state index contributed by atoms with van der Waals surface area (Å²) >= 11 is 5.83. The van der Waals surface area contributed by atoms with Gasteiger partial charge in [0.05, 0.1) is 16.8 Å². The zero-order valence-corrected chi connectivity index (χ0v) is 13.1. The molecule has 0 radical (unpaired) electrons. The van der Waals surface area contributed by atoms with Crippen molar-refractivity contribution in [3.63, 3.8) is 0 Å². The number of pyridine rings is 1. The van der Waals surface area contributed by atoms with Crippen LogP contribution in [0.25, 0.3) is 22.2 Å². The molecule has 1 heterocycles. The van der Waals surface area contributed by atoms with E-state index in [1.54, 1.807) is 24.3 Å². The van der Waals surface area contributed by atoms with Crippen molar-refractivity contribution in [1.29, 1.82) is 0 Å². The number of carboxylic acids is 1. The van der Waals surface area contributed by atoms with Gasteiger partial charge in [0.25, 0.3) is 0 Å². The molecule has 3 rings (SSSR count). The fourth-order valence-corrected chi connectivity index (χ4v) is 2.47. The minimum absolute atomic E-state index is 0.0481. The van der Waals surface area contributed by atoms with Crippen LogP contribution in [-0.2, 0) is 0 Å². The van der Waals surface area contributed by atoms with Gasteiger partial charge < -0.3 is 9.84 Å². The monoisotopic (exact) mass is 367 g/mol. The minimum Gasteiger partial charge on any atom is -0.478 e. The van der Waals surface area contributed by atoms with Crippen LogP contribution in [-0.4, -0.2) is 22.4 Å². The highest BCUT2D eigenvalue weighted by Crippen LogP contribution is 2.30. The van der Waals surface area contributed by atoms with Crippen molar-refractivity contribution in [2.45, 2.75) is 6.36 Å². The smallest absolute Gasteiger partial charge is 0.478 e. The van der Waals surface area contributed by atoms with Crippen LogP contribution in [0, 0.1) is 0 Å². The SMILES string of the molecule is O=C(O)c1cc(-c2ccc(Cl)cc2)nc2ccc(OC(F)(F)F)cc12. The average molecular weight is 368 g/mol. The molecule has 0 amide bonds. The van der Waals surface area contributed by atoms with Gasteiger partial charge in [-0.15, -0.1) is 13.2 Å². The predicted molar refractivity (Wildman–Crippen MR) is 85.8 cm³/mol. The van der Waals surface area contributed by atoms with E-state index in [2.05, 4.69) is 9.72 Å². The number of aromatic carboxylic acids is 1. The van der Waals surface area contributed by atoms with E-state index >= 15 is 0 Å². The number of nitrogens with zero attached hydrogens (tertiary/aromatic N) is 1. The first-order valence-corrected chi connectivity index (χ1v) is 7.30. The van der Waals surface area contributed by atoms with E-state index in [1.807, 2.05) is 0 Å². The number of halogens is 4. The predicted octanol–water partition coefficient (Wildman–Crippen LogP) is 5.15. The molecule has 128 valence electrons. The van der Waals surface area contributed by atoms with Gasteiger partial charge in [-0.1, -0.05) is 23.7 Å². The number of aromatic nitrogens is 1. The molecule has 25 heavy (non-hydrogen) atoms. The average Bonchev–Trinajstić information content (AvgIpc) is 2.53. The molecule has 0 atom stereocenters. The summed E-state index contributed by atoms with van der Waals surface area (Å²) in [5.41, 5.74) is 1.05. The third kappa shape index (κ3) is 3.83. The van der Waals surface area contributed by atoms with Gasteiger partial charge in [-0.05, 0) is 36.4 Å². The van der Waals surface area contributed by atoms with Crippen molar-refractivity contribution in [3.05, 3.63) is 59.1 Å². The van der Waals surface area contributed by atoms with Gasteiger partial charge in [0.1, 0.15) is 5.75 Å². The standard InChI is InChI=1S/C17H9ClF3NO3/c18-10-3-1-9(2-4-10)15-8-13(16(23)24)12-7-11(25-17(19,20)21)5-6-14(12)22-15/h1-8H,(H,23,24). The second kappa shape index (κ2) is 6.25. The van der Waals surface area contributed by atoms with E-state index in [4.69, 9.17) is 11.6 Å². The normalized spacial score (nSPS) is 11.5. The highest BCUT2D eigenvalue weighted by Gasteiger charge is 2.31. The number of hydrogen-bond donors (Lipinski definition) is 1. The van der Waals surface area contributed by atoms with Gasteiger partial charge in [-0.3, -0.25) is 0 Å². The summed E-state index contributed by atoms with van der Waals surface area (Å²) < 4.78 is 40.9. The Bertz CT molecular complexity index is 956. The molecule has 4 nitrogen and oxygen atoms in total. The molecule has 0 unspecified atom stereocenters. The maximum atomic E-state index is 12.4. The molecule has 0 aliphatic carbocycles. The number of fused-ring (bicyclic) bond motifs is 1. The largest absolute Gasteiger partial charge is 0.573 e. The Balaban J connectivity index is 2.16. The number of carboxylic acid groups (broad SMARTS) is 1. The molecule has 0 bridgehead atoms. The highest BCUT2D eigenvalue weighted by molar-refractivity contribution is 6.30. The topological polar surface area (TPSA) is 59.4 Å². The van der Waals surface area contributed by atoms with Crippen LogP contribution < -0.4 is 4.74 Å². The highest BCUT2D eigenvalue weighted by atomic mass is 35.5. The van der Waals surface area contributed by atoms with Crippen molar-refractivity contribution in [1.82, 2.24) is 4.98 Å². The summed E-state index contributed by atoms with van der Waals surface area (Å²) in [7, 11) is 0. The lowest BCUT2D eigenvalue weighted by Gasteiger charge is -2.11. The van der Waals surface area contributed by atoms with Gasteiger partial charge in [0.15, 0.2) is 0 Å². The van der Waals surface area contributed by atoms with Gasteiger partial charge in [-0.25, -0.2) is 9.78 Å². The van der Waals surface area contributed by atoms with E-state index in [0.29, 0.717) is 16.3 Å². The minimum atomic E-state index is -4.87. The lowest BCUT2D eigenvalue weighted by Crippen LogP contribution is -2.17. The molecular weight excluding hydrogens is 359 g/mol. The van der Waals surface area contributed by atoms with E-state index in [-0.39, 0.29) is 16.5 Å².